The van der Waals surface area contributed by atoms with Crippen LogP contribution in [0.25, 0.3) is 11.3 Å². The van der Waals surface area contributed by atoms with Gasteiger partial charge in [0, 0.05) is 24.0 Å². The number of nitrogens with zero attached hydrogens (tertiary/aromatic N) is 4. The molecular weight excluding hydrogens is 478 g/mol. The number of carbonyl (C=O) groups excluding carboxylic acids is 2. The van der Waals surface area contributed by atoms with E-state index in [1.165, 1.54) is 17.0 Å². The monoisotopic (exact) mass is 496 g/mol. The number of halogens is 4. The van der Waals surface area contributed by atoms with Crippen LogP contribution in [-0.4, -0.2) is 37.6 Å². The molecule has 1 N–H and O–H groups in total. The standard InChI is InChI=1S/C21H18F4N5O3S/c1-9-18-17(19(32)10(2)30(9)33)15(29(3)28-18)7-16(31)27-20-26-14(8-34-20)11-4-12(21(23,24)25)6-13(22)5-11/h4-6,8-10H,7H2,1-3H3,(H,26,27,31)/q-1. The van der Waals surface area contributed by atoms with E-state index in [0.717, 1.165) is 23.5 Å². The molecular formula is C21H18F4N5O3S-. The Morgan fingerprint density at radius 2 is 1.94 bits per heavy atom. The number of thiazole rings is 1. The van der Waals surface area contributed by atoms with Crippen molar-refractivity contribution < 1.29 is 27.2 Å². The molecule has 180 valence electrons. The minimum absolute atomic E-state index is 0.0663. The van der Waals surface area contributed by atoms with E-state index in [4.69, 9.17) is 0 Å². The largest absolute Gasteiger partial charge is 0.784 e. The molecule has 2 atom stereocenters. The number of aromatic nitrogens is 3. The number of carbonyl (C=O) groups is 2. The lowest BCUT2D eigenvalue weighted by Gasteiger charge is -2.42. The molecule has 4 rings (SSSR count). The molecule has 1 amide bonds. The fourth-order valence-corrected chi connectivity index (χ4v) is 4.54. The maximum absolute atomic E-state index is 13.7. The van der Waals surface area contributed by atoms with E-state index in [9.17, 15) is 32.4 Å². The summed E-state index contributed by atoms with van der Waals surface area (Å²) in [5, 5.41) is 21.1. The summed E-state index contributed by atoms with van der Waals surface area (Å²) in [6.45, 7) is 3.11. The number of alkyl halides is 3. The van der Waals surface area contributed by atoms with Crippen LogP contribution in [0.15, 0.2) is 23.6 Å². The van der Waals surface area contributed by atoms with E-state index in [0.29, 0.717) is 22.5 Å². The number of Topliss-reactive ketones (excluding diaryl/α,β-unsaturated/α-hetero) is 1. The van der Waals surface area contributed by atoms with Gasteiger partial charge in [-0.25, -0.2) is 9.37 Å². The highest BCUT2D eigenvalue weighted by Crippen LogP contribution is 2.35. The van der Waals surface area contributed by atoms with E-state index in [1.807, 2.05) is 0 Å². The summed E-state index contributed by atoms with van der Waals surface area (Å²) in [5.41, 5.74) is -0.291. The molecule has 2 aromatic heterocycles. The molecule has 2 unspecified atom stereocenters. The lowest BCUT2D eigenvalue weighted by atomic mass is 9.93. The number of ketones is 1. The third kappa shape index (κ3) is 4.33. The van der Waals surface area contributed by atoms with Gasteiger partial charge in [0.15, 0.2) is 10.9 Å². The van der Waals surface area contributed by atoms with Crippen molar-refractivity contribution in [3.8, 4) is 11.3 Å². The quantitative estimate of drug-likeness (QED) is 0.540. The van der Waals surface area contributed by atoms with Crippen LogP contribution >= 0.6 is 11.3 Å². The molecule has 3 aromatic rings. The highest BCUT2D eigenvalue weighted by atomic mass is 32.1. The van der Waals surface area contributed by atoms with Gasteiger partial charge in [0.05, 0.1) is 40.7 Å². The van der Waals surface area contributed by atoms with Crippen LogP contribution in [0.5, 0.6) is 0 Å². The summed E-state index contributed by atoms with van der Waals surface area (Å²) in [7, 11) is 1.56. The zero-order valence-corrected chi connectivity index (χ0v) is 18.9. The van der Waals surface area contributed by atoms with Crippen LogP contribution in [0.1, 0.15) is 47.2 Å². The van der Waals surface area contributed by atoms with Crippen molar-refractivity contribution in [3.05, 3.63) is 57.1 Å². The van der Waals surface area contributed by atoms with Gasteiger partial charge in [-0.15, -0.1) is 11.3 Å². The average molecular weight is 496 g/mol. The Kier molecular flexibility index (Phi) is 6.04. The Labute approximate surface area is 194 Å². The second-order valence-electron chi connectivity index (χ2n) is 7.90. The average Bonchev–Trinajstić information content (AvgIpc) is 3.34. The maximum Gasteiger partial charge on any atom is 0.416 e. The van der Waals surface area contributed by atoms with E-state index in [2.05, 4.69) is 15.4 Å². The van der Waals surface area contributed by atoms with Crippen molar-refractivity contribution in [2.75, 3.05) is 5.32 Å². The van der Waals surface area contributed by atoms with Crippen LogP contribution in [0, 0.1) is 11.0 Å². The van der Waals surface area contributed by atoms with Gasteiger partial charge in [-0.05, 0) is 32.0 Å². The number of hydrogen-bond donors (Lipinski definition) is 1. The van der Waals surface area contributed by atoms with Gasteiger partial charge in [-0.2, -0.15) is 18.3 Å². The summed E-state index contributed by atoms with van der Waals surface area (Å²) < 4.78 is 54.0. The van der Waals surface area contributed by atoms with Crippen LogP contribution in [0.3, 0.4) is 0 Å². The molecule has 0 bridgehead atoms. The minimum atomic E-state index is -4.72. The molecule has 8 nitrogen and oxygen atoms in total. The van der Waals surface area contributed by atoms with Crippen molar-refractivity contribution in [2.24, 2.45) is 7.05 Å². The molecule has 0 saturated carbocycles. The number of nitrogens with one attached hydrogen (secondary N) is 1. The molecule has 3 heterocycles. The van der Waals surface area contributed by atoms with Crippen molar-refractivity contribution >= 4 is 28.2 Å². The smallest absolute Gasteiger partial charge is 0.416 e. The molecule has 0 spiro atoms. The third-order valence-corrected chi connectivity index (χ3v) is 6.34. The first-order chi connectivity index (χ1) is 15.9. The van der Waals surface area contributed by atoms with Crippen LogP contribution in [0.4, 0.5) is 22.7 Å². The first-order valence-corrected chi connectivity index (χ1v) is 10.9. The molecule has 0 aliphatic carbocycles. The fourth-order valence-electron chi connectivity index (χ4n) is 3.81. The Morgan fingerprint density at radius 3 is 2.62 bits per heavy atom. The SMILES string of the molecule is CC1C(=O)c2c(nn(C)c2CC(=O)Nc2nc(-c3cc(F)cc(C(F)(F)F)c3)cs2)C(C)N1[O-]. The summed E-state index contributed by atoms with van der Waals surface area (Å²) >= 11 is 0.955. The topological polar surface area (TPSA) is 103 Å². The molecule has 1 aromatic carbocycles. The molecule has 34 heavy (non-hydrogen) atoms. The molecule has 1 aliphatic rings. The van der Waals surface area contributed by atoms with Gasteiger partial charge in [0.25, 0.3) is 0 Å². The minimum Gasteiger partial charge on any atom is -0.784 e. The number of anilines is 1. The third-order valence-electron chi connectivity index (χ3n) is 5.58. The lowest BCUT2D eigenvalue weighted by molar-refractivity contribution is -0.137. The molecule has 0 radical (unpaired) electrons. The second-order valence-corrected chi connectivity index (χ2v) is 8.75. The zero-order valence-electron chi connectivity index (χ0n) is 18.1. The van der Waals surface area contributed by atoms with Gasteiger partial charge in [0.2, 0.25) is 5.91 Å². The zero-order chi connectivity index (χ0) is 24.9. The predicted molar refractivity (Wildman–Crippen MR) is 115 cm³/mol. The Morgan fingerprint density at radius 1 is 1.24 bits per heavy atom. The highest BCUT2D eigenvalue weighted by molar-refractivity contribution is 7.14. The molecule has 1 aliphatic heterocycles. The first-order valence-electron chi connectivity index (χ1n) is 10.1. The van der Waals surface area contributed by atoms with E-state index >= 15 is 0 Å². The van der Waals surface area contributed by atoms with Crippen LogP contribution in [0.2, 0.25) is 0 Å². The summed E-state index contributed by atoms with van der Waals surface area (Å²) in [5.74, 6) is -2.03. The fraction of sp³-hybridized carbons (Fsp3) is 0.333. The number of fused-ring (bicyclic) bond motifs is 1. The van der Waals surface area contributed by atoms with Crippen molar-refractivity contribution in [2.45, 2.75) is 38.5 Å². The summed E-state index contributed by atoms with van der Waals surface area (Å²) in [6, 6.07) is 0.523. The maximum atomic E-state index is 13.7. The first kappa shape index (κ1) is 24.0. The van der Waals surface area contributed by atoms with E-state index in [1.54, 1.807) is 14.0 Å². The molecule has 0 saturated heterocycles. The number of hydroxylamine groups is 2. The number of hydrogen-bond acceptors (Lipinski definition) is 7. The van der Waals surface area contributed by atoms with Gasteiger partial charge in [-0.3, -0.25) is 14.3 Å². The van der Waals surface area contributed by atoms with Crippen LogP contribution in [-0.2, 0) is 24.4 Å². The van der Waals surface area contributed by atoms with Gasteiger partial charge < -0.3 is 15.6 Å². The highest BCUT2D eigenvalue weighted by Gasteiger charge is 2.36. The van der Waals surface area contributed by atoms with E-state index in [-0.39, 0.29) is 28.4 Å². The second kappa shape index (κ2) is 8.56. The predicted octanol–water partition coefficient (Wildman–Crippen LogP) is 4.33. The van der Waals surface area contributed by atoms with Gasteiger partial charge >= 0.3 is 6.18 Å². The normalized spacial score (nSPS) is 18.8. The van der Waals surface area contributed by atoms with Crippen LogP contribution < -0.4 is 5.32 Å². The van der Waals surface area contributed by atoms with Gasteiger partial charge in [-0.1, -0.05) is 0 Å². The van der Waals surface area contributed by atoms with E-state index < -0.39 is 41.3 Å². The van der Waals surface area contributed by atoms with Crippen molar-refractivity contribution in [3.63, 3.8) is 0 Å². The number of aryl methyl sites for hydroxylation is 1. The molecule has 13 heteroatoms. The number of benzene rings is 1. The summed E-state index contributed by atoms with van der Waals surface area (Å²) in [6.07, 6.45) is -4.96. The van der Waals surface area contributed by atoms with Crippen molar-refractivity contribution in [1.29, 1.82) is 0 Å². The summed E-state index contributed by atoms with van der Waals surface area (Å²) in [4.78, 5) is 29.4. The Balaban J connectivity index is 1.54. The van der Waals surface area contributed by atoms with Gasteiger partial charge in [0.1, 0.15) is 5.82 Å². The Hall–Kier alpha value is -3.16. The lowest BCUT2D eigenvalue weighted by Crippen LogP contribution is -2.42. The number of rotatable bonds is 4. The Bertz CT molecular complexity index is 1290. The number of amides is 1. The molecule has 0 fully saturated rings. The van der Waals surface area contributed by atoms with Crippen molar-refractivity contribution in [1.82, 2.24) is 19.8 Å².